The zero-order valence-corrected chi connectivity index (χ0v) is 13.3. The summed E-state index contributed by atoms with van der Waals surface area (Å²) in [5.74, 6) is 0. The molecule has 1 N–H and O–H groups in total. The summed E-state index contributed by atoms with van der Waals surface area (Å²) in [4.78, 5) is 0. The number of aromatic nitrogens is 2. The van der Waals surface area contributed by atoms with Gasteiger partial charge in [-0.15, -0.1) is 5.10 Å². The Morgan fingerprint density at radius 1 is 1.33 bits per heavy atom. The van der Waals surface area contributed by atoms with E-state index in [0.29, 0.717) is 18.8 Å². The molecule has 5 heteroatoms. The van der Waals surface area contributed by atoms with Crippen LogP contribution in [0.5, 0.6) is 0 Å². The van der Waals surface area contributed by atoms with Crippen molar-refractivity contribution < 1.29 is 4.74 Å². The number of benzene rings is 1. The SMILES string of the molecule is CC1(C)[C@H](NCc2csnn2)C[C@H]1OCc1ccccc1. The standard InChI is InChI=1S/C16H21N3OS/c1-16(2)14(17-9-13-11-21-19-18-13)8-15(16)20-10-12-6-4-3-5-7-12/h3-7,11,14-15,17H,8-10H2,1-2H3/t14-,15-/m1/s1. The summed E-state index contributed by atoms with van der Waals surface area (Å²) in [6.07, 6.45) is 1.36. The van der Waals surface area contributed by atoms with E-state index in [1.807, 2.05) is 11.4 Å². The van der Waals surface area contributed by atoms with Crippen molar-refractivity contribution in [3.63, 3.8) is 0 Å². The van der Waals surface area contributed by atoms with Crippen molar-refractivity contribution >= 4 is 11.5 Å². The van der Waals surface area contributed by atoms with Crippen LogP contribution in [0.2, 0.25) is 0 Å². The largest absolute Gasteiger partial charge is 0.373 e. The average Bonchev–Trinajstić information content (AvgIpc) is 3.00. The van der Waals surface area contributed by atoms with Crippen LogP contribution in [-0.4, -0.2) is 21.7 Å². The zero-order chi connectivity index (χ0) is 14.7. The number of rotatable bonds is 6. The number of nitrogens with zero attached hydrogens (tertiary/aromatic N) is 2. The van der Waals surface area contributed by atoms with Gasteiger partial charge in [-0.25, -0.2) is 0 Å². The Morgan fingerprint density at radius 3 is 2.81 bits per heavy atom. The first-order valence-electron chi connectivity index (χ1n) is 7.31. The summed E-state index contributed by atoms with van der Waals surface area (Å²) < 4.78 is 9.97. The second-order valence-electron chi connectivity index (χ2n) is 6.17. The summed E-state index contributed by atoms with van der Waals surface area (Å²) in [6.45, 7) is 6.01. The van der Waals surface area contributed by atoms with Crippen LogP contribution in [0.1, 0.15) is 31.5 Å². The molecule has 0 amide bonds. The number of hydrogen-bond acceptors (Lipinski definition) is 5. The second kappa shape index (κ2) is 6.22. The third-order valence-electron chi connectivity index (χ3n) is 4.41. The van der Waals surface area contributed by atoms with Crippen molar-refractivity contribution in [3.8, 4) is 0 Å². The van der Waals surface area contributed by atoms with Gasteiger partial charge in [-0.2, -0.15) is 0 Å². The van der Waals surface area contributed by atoms with E-state index in [4.69, 9.17) is 4.74 Å². The van der Waals surface area contributed by atoms with E-state index in [-0.39, 0.29) is 5.41 Å². The van der Waals surface area contributed by atoms with Gasteiger partial charge in [0.25, 0.3) is 0 Å². The van der Waals surface area contributed by atoms with Gasteiger partial charge in [-0.05, 0) is 23.5 Å². The smallest absolute Gasteiger partial charge is 0.0893 e. The maximum Gasteiger partial charge on any atom is 0.0893 e. The van der Waals surface area contributed by atoms with Crippen molar-refractivity contribution in [3.05, 3.63) is 47.0 Å². The predicted molar refractivity (Wildman–Crippen MR) is 84.0 cm³/mol. The zero-order valence-electron chi connectivity index (χ0n) is 12.5. The highest BCUT2D eigenvalue weighted by Gasteiger charge is 2.48. The molecule has 1 fully saturated rings. The summed E-state index contributed by atoms with van der Waals surface area (Å²) in [5, 5.41) is 9.62. The molecular weight excluding hydrogens is 282 g/mol. The Bertz CT molecular complexity index is 556. The first-order valence-corrected chi connectivity index (χ1v) is 8.15. The van der Waals surface area contributed by atoms with Crippen LogP contribution >= 0.6 is 11.5 Å². The second-order valence-corrected chi connectivity index (χ2v) is 6.78. The molecule has 1 saturated carbocycles. The Hall–Kier alpha value is -1.30. The molecule has 0 bridgehead atoms. The van der Waals surface area contributed by atoms with Crippen LogP contribution in [0.25, 0.3) is 0 Å². The lowest BCUT2D eigenvalue weighted by Gasteiger charge is -2.52. The fourth-order valence-electron chi connectivity index (χ4n) is 2.77. The quantitative estimate of drug-likeness (QED) is 0.891. The van der Waals surface area contributed by atoms with Crippen LogP contribution in [0.4, 0.5) is 0 Å². The Labute approximate surface area is 129 Å². The van der Waals surface area contributed by atoms with Gasteiger partial charge in [0, 0.05) is 23.4 Å². The molecule has 1 aromatic carbocycles. The van der Waals surface area contributed by atoms with Crippen molar-refractivity contribution in [1.29, 1.82) is 0 Å². The van der Waals surface area contributed by atoms with Gasteiger partial charge in [-0.3, -0.25) is 0 Å². The Balaban J connectivity index is 1.47. The van der Waals surface area contributed by atoms with E-state index in [9.17, 15) is 0 Å². The molecule has 0 radical (unpaired) electrons. The van der Waals surface area contributed by atoms with Crippen LogP contribution in [0.3, 0.4) is 0 Å². The van der Waals surface area contributed by atoms with Gasteiger partial charge in [0.1, 0.15) is 0 Å². The van der Waals surface area contributed by atoms with Crippen molar-refractivity contribution in [2.45, 2.75) is 45.6 Å². The summed E-state index contributed by atoms with van der Waals surface area (Å²) >= 11 is 1.40. The maximum absolute atomic E-state index is 6.08. The first-order chi connectivity index (χ1) is 10.2. The molecule has 1 aromatic heterocycles. The Kier molecular flexibility index (Phi) is 4.33. The Morgan fingerprint density at radius 2 is 2.14 bits per heavy atom. The summed E-state index contributed by atoms with van der Waals surface area (Å²) in [5.41, 5.74) is 2.40. The van der Waals surface area contributed by atoms with Crippen LogP contribution in [0.15, 0.2) is 35.7 Å². The minimum absolute atomic E-state index is 0.151. The molecule has 0 saturated heterocycles. The number of hydrogen-bond donors (Lipinski definition) is 1. The molecular formula is C16H21N3OS. The van der Waals surface area contributed by atoms with E-state index >= 15 is 0 Å². The third-order valence-corrected chi connectivity index (χ3v) is 4.96. The van der Waals surface area contributed by atoms with Gasteiger partial charge in [-0.1, -0.05) is 48.7 Å². The third kappa shape index (κ3) is 3.31. The van der Waals surface area contributed by atoms with Gasteiger partial charge in [0.05, 0.1) is 18.4 Å². The highest BCUT2D eigenvalue weighted by molar-refractivity contribution is 7.03. The van der Waals surface area contributed by atoms with E-state index in [1.54, 1.807) is 0 Å². The number of nitrogens with one attached hydrogen (secondary N) is 1. The van der Waals surface area contributed by atoms with Gasteiger partial charge < -0.3 is 10.1 Å². The highest BCUT2D eigenvalue weighted by atomic mass is 32.1. The van der Waals surface area contributed by atoms with Crippen molar-refractivity contribution in [2.75, 3.05) is 0 Å². The first kappa shape index (κ1) is 14.6. The molecule has 4 nitrogen and oxygen atoms in total. The molecule has 2 aromatic rings. The molecule has 1 aliphatic carbocycles. The van der Waals surface area contributed by atoms with Crippen LogP contribution in [0, 0.1) is 5.41 Å². The van der Waals surface area contributed by atoms with Gasteiger partial charge >= 0.3 is 0 Å². The fraction of sp³-hybridized carbons (Fsp3) is 0.500. The monoisotopic (exact) mass is 303 g/mol. The summed E-state index contributed by atoms with van der Waals surface area (Å²) in [7, 11) is 0. The lowest BCUT2D eigenvalue weighted by molar-refractivity contribution is -0.125. The fourth-order valence-corrected chi connectivity index (χ4v) is 3.23. The van der Waals surface area contributed by atoms with Gasteiger partial charge in [0.2, 0.25) is 0 Å². The average molecular weight is 303 g/mol. The van der Waals surface area contributed by atoms with Crippen molar-refractivity contribution in [2.24, 2.45) is 5.41 Å². The topological polar surface area (TPSA) is 47.0 Å². The van der Waals surface area contributed by atoms with Gasteiger partial charge in [0.15, 0.2) is 0 Å². The summed E-state index contributed by atoms with van der Waals surface area (Å²) in [6, 6.07) is 10.8. The molecule has 0 unspecified atom stereocenters. The van der Waals surface area contributed by atoms with E-state index in [1.165, 1.54) is 17.1 Å². The molecule has 3 rings (SSSR count). The van der Waals surface area contributed by atoms with Crippen LogP contribution < -0.4 is 5.32 Å². The highest BCUT2D eigenvalue weighted by Crippen LogP contribution is 2.43. The maximum atomic E-state index is 6.08. The normalized spacial score (nSPS) is 23.7. The molecule has 112 valence electrons. The lowest BCUT2D eigenvalue weighted by Crippen LogP contribution is -2.60. The predicted octanol–water partition coefficient (Wildman–Crippen LogP) is 3.01. The van der Waals surface area contributed by atoms with Crippen LogP contribution in [-0.2, 0) is 17.9 Å². The van der Waals surface area contributed by atoms with E-state index in [0.717, 1.165) is 18.7 Å². The van der Waals surface area contributed by atoms with E-state index in [2.05, 4.69) is 53.0 Å². The molecule has 1 heterocycles. The molecule has 2 atom stereocenters. The number of ether oxygens (including phenoxy) is 1. The van der Waals surface area contributed by atoms with E-state index < -0.39 is 0 Å². The lowest BCUT2D eigenvalue weighted by atomic mass is 9.64. The molecule has 21 heavy (non-hydrogen) atoms. The molecule has 0 aliphatic heterocycles. The molecule has 1 aliphatic rings. The van der Waals surface area contributed by atoms with Crippen molar-refractivity contribution in [1.82, 2.24) is 14.9 Å². The molecule has 0 spiro atoms. The minimum Gasteiger partial charge on any atom is -0.373 e. The minimum atomic E-state index is 0.151.